The van der Waals surface area contributed by atoms with Crippen LogP contribution < -0.4 is 31.2 Å². The molecule has 0 radical (unpaired) electrons. The molecule has 6 nitrogen and oxygen atoms in total. The SMILES string of the molecule is FC(F)(F)C1(c2ccc(COc3ccc(-c4ccc(OCc5ccc(C6(C(F)(F)F)NN6)cc5)cc4)cc3)cc2)NN1. The summed E-state index contributed by atoms with van der Waals surface area (Å²) >= 11 is 0. The van der Waals surface area contributed by atoms with Crippen molar-refractivity contribution in [2.75, 3.05) is 0 Å². The van der Waals surface area contributed by atoms with E-state index in [1.165, 1.54) is 24.3 Å². The molecule has 2 heterocycles. The average Bonchev–Trinajstić information content (AvgIpc) is 3.90. The minimum Gasteiger partial charge on any atom is -0.489 e. The summed E-state index contributed by atoms with van der Waals surface area (Å²) < 4.78 is 90.8. The first-order valence-corrected chi connectivity index (χ1v) is 12.9. The van der Waals surface area contributed by atoms with Crippen LogP contribution in [-0.2, 0) is 24.5 Å². The van der Waals surface area contributed by atoms with Crippen LogP contribution in [0.15, 0.2) is 97.1 Å². The minimum atomic E-state index is -4.45. The van der Waals surface area contributed by atoms with Crippen LogP contribution >= 0.6 is 0 Å². The fourth-order valence-electron chi connectivity index (χ4n) is 4.55. The Bertz CT molecular complexity index is 1410. The summed E-state index contributed by atoms with van der Waals surface area (Å²) in [6, 6.07) is 26.9. The molecular formula is C30H24F6N4O2. The summed E-state index contributed by atoms with van der Waals surface area (Å²) in [7, 11) is 0. The third-order valence-corrected chi connectivity index (χ3v) is 7.23. The van der Waals surface area contributed by atoms with Gasteiger partial charge in [0.2, 0.25) is 11.3 Å². The van der Waals surface area contributed by atoms with Gasteiger partial charge in [-0.2, -0.15) is 26.3 Å². The van der Waals surface area contributed by atoms with Crippen LogP contribution in [0.3, 0.4) is 0 Å². The second-order valence-corrected chi connectivity index (χ2v) is 10.0. The van der Waals surface area contributed by atoms with Crippen LogP contribution in [0.4, 0.5) is 26.3 Å². The molecule has 0 spiro atoms. The number of alkyl halides is 6. The van der Waals surface area contributed by atoms with Crippen LogP contribution in [0.2, 0.25) is 0 Å². The van der Waals surface area contributed by atoms with Crippen molar-refractivity contribution < 1.29 is 35.8 Å². The molecule has 2 aliphatic rings. The summed E-state index contributed by atoms with van der Waals surface area (Å²) in [5.74, 6) is 1.22. The minimum absolute atomic E-state index is 0.0833. The van der Waals surface area contributed by atoms with E-state index in [1.54, 1.807) is 24.3 Å². The van der Waals surface area contributed by atoms with Gasteiger partial charge >= 0.3 is 12.4 Å². The highest BCUT2D eigenvalue weighted by molar-refractivity contribution is 5.64. The van der Waals surface area contributed by atoms with Gasteiger partial charge < -0.3 is 9.47 Å². The number of rotatable bonds is 9. The smallest absolute Gasteiger partial charge is 0.426 e. The zero-order valence-corrected chi connectivity index (χ0v) is 21.7. The van der Waals surface area contributed by atoms with Crippen molar-refractivity contribution in [1.82, 2.24) is 21.7 Å². The average molecular weight is 587 g/mol. The Kier molecular flexibility index (Phi) is 6.89. The van der Waals surface area contributed by atoms with Crippen LogP contribution in [0.5, 0.6) is 11.5 Å². The van der Waals surface area contributed by atoms with Crippen LogP contribution in [-0.4, -0.2) is 12.4 Å². The van der Waals surface area contributed by atoms with Gasteiger partial charge in [-0.05, 0) is 57.6 Å². The van der Waals surface area contributed by atoms with Crippen LogP contribution in [0.25, 0.3) is 11.1 Å². The number of ether oxygens (including phenoxy) is 2. The first kappa shape index (κ1) is 28.0. The number of hydrogen-bond acceptors (Lipinski definition) is 6. The lowest BCUT2D eigenvalue weighted by Crippen LogP contribution is -2.34. The first-order valence-electron chi connectivity index (χ1n) is 12.9. The highest BCUT2D eigenvalue weighted by Gasteiger charge is 2.66. The van der Waals surface area contributed by atoms with Crippen molar-refractivity contribution in [3.63, 3.8) is 0 Å². The normalized spacial score (nSPS) is 17.0. The maximum atomic E-state index is 13.2. The molecule has 0 atom stereocenters. The fraction of sp³-hybridized carbons (Fsp3) is 0.200. The molecule has 0 aromatic heterocycles. The molecule has 4 aromatic carbocycles. The van der Waals surface area contributed by atoms with E-state index in [1.807, 2.05) is 48.5 Å². The van der Waals surface area contributed by atoms with E-state index >= 15 is 0 Å². The number of hydrazine groups is 2. The Balaban J connectivity index is 1.00. The predicted molar refractivity (Wildman–Crippen MR) is 141 cm³/mol. The van der Waals surface area contributed by atoms with E-state index in [0.29, 0.717) is 11.5 Å². The Morgan fingerprint density at radius 2 is 0.762 bits per heavy atom. The molecule has 0 bridgehead atoms. The second-order valence-electron chi connectivity index (χ2n) is 10.0. The second kappa shape index (κ2) is 10.3. The Morgan fingerprint density at radius 3 is 1.02 bits per heavy atom. The van der Waals surface area contributed by atoms with E-state index in [2.05, 4.69) is 21.7 Å². The molecule has 0 saturated carbocycles. The standard InChI is InChI=1S/C30H24F6N4O2/c31-29(32,33)27(37-38-27)23-9-1-19(2-10-23)17-41-25-13-5-21(6-14-25)22-7-15-26(16-8-22)42-18-20-3-11-24(12-4-20)28(39-40-28)30(34,35)36/h1-16,37-40H,17-18H2. The molecule has 4 N–H and O–H groups in total. The van der Waals surface area contributed by atoms with Crippen molar-refractivity contribution >= 4 is 0 Å². The van der Waals surface area contributed by atoms with Crippen molar-refractivity contribution in [3.8, 4) is 22.6 Å². The van der Waals surface area contributed by atoms with E-state index in [4.69, 9.17) is 9.47 Å². The summed E-state index contributed by atoms with van der Waals surface area (Å²) in [4.78, 5) is 0. The van der Waals surface area contributed by atoms with Gasteiger partial charge in [0.25, 0.3) is 0 Å². The largest absolute Gasteiger partial charge is 0.489 e. The fourth-order valence-corrected chi connectivity index (χ4v) is 4.55. The molecular weight excluding hydrogens is 562 g/mol. The lowest BCUT2D eigenvalue weighted by molar-refractivity contribution is -0.166. The molecule has 0 aliphatic carbocycles. The summed E-state index contributed by atoms with van der Waals surface area (Å²) in [6.45, 7) is 0.399. The molecule has 2 saturated heterocycles. The van der Waals surface area contributed by atoms with Gasteiger partial charge in [0.1, 0.15) is 24.7 Å². The number of halogens is 6. The summed E-state index contributed by atoms with van der Waals surface area (Å²) in [6.07, 6.45) is -8.90. The third-order valence-electron chi connectivity index (χ3n) is 7.23. The topological polar surface area (TPSA) is 106 Å². The van der Waals surface area contributed by atoms with Crippen LogP contribution in [0, 0.1) is 0 Å². The van der Waals surface area contributed by atoms with Crippen molar-refractivity contribution in [2.45, 2.75) is 36.9 Å². The zero-order valence-electron chi connectivity index (χ0n) is 21.7. The molecule has 6 rings (SSSR count). The molecule has 0 unspecified atom stereocenters. The van der Waals surface area contributed by atoms with Gasteiger partial charge in [-0.1, -0.05) is 72.8 Å². The Morgan fingerprint density at radius 1 is 0.452 bits per heavy atom. The number of hydrogen-bond donors (Lipinski definition) is 4. The molecule has 12 heteroatoms. The highest BCUT2D eigenvalue weighted by atomic mass is 19.4. The van der Waals surface area contributed by atoms with E-state index < -0.39 is 23.7 Å². The van der Waals surface area contributed by atoms with Gasteiger partial charge in [-0.15, -0.1) is 0 Å². The lowest BCUT2D eigenvalue weighted by atomic mass is 10.0. The molecule has 4 aromatic rings. The van der Waals surface area contributed by atoms with Gasteiger partial charge in [-0.3, -0.25) is 0 Å². The number of nitrogens with one attached hydrogen (secondary N) is 4. The molecule has 42 heavy (non-hydrogen) atoms. The maximum absolute atomic E-state index is 13.2. The Labute approximate surface area is 236 Å². The third kappa shape index (κ3) is 5.41. The van der Waals surface area contributed by atoms with Gasteiger partial charge in [-0.25, -0.2) is 21.7 Å². The van der Waals surface area contributed by atoms with Gasteiger partial charge in [0, 0.05) is 0 Å². The molecule has 0 amide bonds. The molecule has 2 fully saturated rings. The van der Waals surface area contributed by atoms with E-state index in [0.717, 1.165) is 22.3 Å². The zero-order chi connectivity index (χ0) is 29.6. The lowest BCUT2D eigenvalue weighted by Gasteiger charge is -2.16. The van der Waals surface area contributed by atoms with E-state index in [-0.39, 0.29) is 24.3 Å². The molecule has 2 aliphatic heterocycles. The van der Waals surface area contributed by atoms with Gasteiger partial charge in [0.15, 0.2) is 0 Å². The quantitative estimate of drug-likeness (QED) is 0.138. The van der Waals surface area contributed by atoms with Crippen molar-refractivity contribution in [2.24, 2.45) is 0 Å². The van der Waals surface area contributed by atoms with Crippen molar-refractivity contribution in [1.29, 1.82) is 0 Å². The summed E-state index contributed by atoms with van der Waals surface area (Å²) in [5.41, 5.74) is 7.87. The van der Waals surface area contributed by atoms with E-state index in [9.17, 15) is 26.3 Å². The Hall–Kier alpha value is -4.10. The first-order chi connectivity index (χ1) is 20.0. The number of benzene rings is 4. The van der Waals surface area contributed by atoms with Crippen molar-refractivity contribution in [3.05, 3.63) is 119 Å². The van der Waals surface area contributed by atoms with Gasteiger partial charge in [0.05, 0.1) is 0 Å². The molecule has 218 valence electrons. The maximum Gasteiger partial charge on any atom is 0.426 e. The van der Waals surface area contributed by atoms with Crippen LogP contribution in [0.1, 0.15) is 22.3 Å². The predicted octanol–water partition coefficient (Wildman–Crippen LogP) is 6.16. The monoisotopic (exact) mass is 586 g/mol. The highest BCUT2D eigenvalue weighted by Crippen LogP contribution is 2.43. The summed E-state index contributed by atoms with van der Waals surface area (Å²) in [5, 5.41) is 0.